The summed E-state index contributed by atoms with van der Waals surface area (Å²) in [7, 11) is -2.10. The van der Waals surface area contributed by atoms with Gasteiger partial charge in [0.25, 0.3) is 0 Å². The zero-order valence-corrected chi connectivity index (χ0v) is 17.2. The number of hydrogen-bond donors (Lipinski definition) is 1. The van der Waals surface area contributed by atoms with Crippen LogP contribution in [0.1, 0.15) is 31.1 Å². The average molecular weight is 406 g/mol. The fourth-order valence-corrected chi connectivity index (χ4v) is 4.52. The van der Waals surface area contributed by atoms with Gasteiger partial charge in [0.15, 0.2) is 5.16 Å². The number of primary sulfonamides is 1. The highest BCUT2D eigenvalue weighted by molar-refractivity contribution is 7.99. The molecule has 1 atom stereocenters. The number of hydrogen-bond acceptors (Lipinski definition) is 5. The van der Waals surface area contributed by atoms with Crippen molar-refractivity contribution in [3.05, 3.63) is 48.0 Å². The number of rotatable bonds is 7. The summed E-state index contributed by atoms with van der Waals surface area (Å²) in [6, 6.07) is 12.8. The van der Waals surface area contributed by atoms with E-state index in [1.54, 1.807) is 24.9 Å². The third kappa shape index (κ3) is 4.28. The Kier molecular flexibility index (Phi) is 5.78. The van der Waals surface area contributed by atoms with Crippen molar-refractivity contribution in [2.45, 2.75) is 42.1 Å². The van der Waals surface area contributed by atoms with Crippen LogP contribution in [0.2, 0.25) is 0 Å². The van der Waals surface area contributed by atoms with Gasteiger partial charge in [-0.15, -0.1) is 0 Å². The van der Waals surface area contributed by atoms with E-state index in [0.29, 0.717) is 5.52 Å². The third-order valence-corrected chi connectivity index (χ3v) is 6.37. The molecule has 0 spiro atoms. The van der Waals surface area contributed by atoms with Crippen molar-refractivity contribution in [2.24, 2.45) is 5.14 Å². The number of imidazole rings is 1. The first-order valence-electron chi connectivity index (χ1n) is 8.67. The molecule has 2 N–H and O–H groups in total. The van der Waals surface area contributed by atoms with Crippen molar-refractivity contribution in [1.82, 2.24) is 9.55 Å². The number of sulfonamides is 1. The molecule has 144 valence electrons. The third-order valence-electron chi connectivity index (χ3n) is 4.31. The zero-order valence-electron chi connectivity index (χ0n) is 15.5. The second-order valence-electron chi connectivity index (χ2n) is 6.28. The highest BCUT2D eigenvalue weighted by Crippen LogP contribution is 2.37. The molecular formula is C19H23N3O3S2. The molecule has 6 nitrogen and oxygen atoms in total. The molecule has 0 saturated heterocycles. The summed E-state index contributed by atoms with van der Waals surface area (Å²) in [5.41, 5.74) is 2.68. The van der Waals surface area contributed by atoms with Crippen LogP contribution in [0.3, 0.4) is 0 Å². The van der Waals surface area contributed by atoms with E-state index in [0.717, 1.165) is 35.0 Å². The maximum Gasteiger partial charge on any atom is 0.238 e. The minimum atomic E-state index is -3.75. The van der Waals surface area contributed by atoms with Crippen LogP contribution in [0, 0.1) is 0 Å². The summed E-state index contributed by atoms with van der Waals surface area (Å²) in [5.74, 6) is 0.819. The molecule has 2 aromatic carbocycles. The molecular weight excluding hydrogens is 382 g/mol. The monoisotopic (exact) mass is 405 g/mol. The molecule has 0 saturated carbocycles. The van der Waals surface area contributed by atoms with Crippen LogP contribution in [0.5, 0.6) is 5.75 Å². The topological polar surface area (TPSA) is 87.2 Å². The normalized spacial score (nSPS) is 13.0. The summed E-state index contributed by atoms with van der Waals surface area (Å²) in [6.45, 7) is 5.02. The van der Waals surface area contributed by atoms with E-state index < -0.39 is 10.0 Å². The van der Waals surface area contributed by atoms with Gasteiger partial charge >= 0.3 is 0 Å². The Balaban J connectivity index is 2.00. The number of aryl methyl sites for hydroxylation is 1. The van der Waals surface area contributed by atoms with Gasteiger partial charge < -0.3 is 9.30 Å². The quantitative estimate of drug-likeness (QED) is 0.601. The number of fused-ring (bicyclic) bond motifs is 1. The molecule has 0 fully saturated rings. The predicted octanol–water partition coefficient (Wildman–Crippen LogP) is 3.96. The second-order valence-corrected chi connectivity index (χ2v) is 9.15. The van der Waals surface area contributed by atoms with Gasteiger partial charge in [0, 0.05) is 11.8 Å². The summed E-state index contributed by atoms with van der Waals surface area (Å²) < 4.78 is 30.7. The van der Waals surface area contributed by atoms with Crippen LogP contribution >= 0.6 is 11.8 Å². The molecule has 0 aliphatic rings. The van der Waals surface area contributed by atoms with Crippen molar-refractivity contribution in [3.63, 3.8) is 0 Å². The summed E-state index contributed by atoms with van der Waals surface area (Å²) in [6.07, 6.45) is 0.948. The van der Waals surface area contributed by atoms with Crippen molar-refractivity contribution in [1.29, 1.82) is 0 Å². The standard InChI is InChI=1S/C19H23N3O3S2/c1-4-10-22-18-9-8-16(27(20,23)24)12-17(18)21-19(22)26-13(2)14-6-5-7-15(11-14)25-3/h5-9,11-13H,4,10H2,1-3H3,(H2,20,23,24). The van der Waals surface area contributed by atoms with Crippen molar-refractivity contribution >= 4 is 32.8 Å². The molecule has 0 aliphatic carbocycles. The van der Waals surface area contributed by atoms with E-state index in [9.17, 15) is 8.42 Å². The van der Waals surface area contributed by atoms with Crippen LogP contribution in [0.4, 0.5) is 0 Å². The van der Waals surface area contributed by atoms with Gasteiger partial charge in [-0.1, -0.05) is 30.8 Å². The maximum atomic E-state index is 11.6. The van der Waals surface area contributed by atoms with Crippen LogP contribution in [0.15, 0.2) is 52.5 Å². The van der Waals surface area contributed by atoms with Crippen LogP contribution in [-0.4, -0.2) is 25.1 Å². The number of methoxy groups -OCH3 is 1. The van der Waals surface area contributed by atoms with Gasteiger partial charge in [-0.05, 0) is 49.2 Å². The van der Waals surface area contributed by atoms with Crippen LogP contribution in [0.25, 0.3) is 11.0 Å². The smallest absolute Gasteiger partial charge is 0.238 e. The first-order chi connectivity index (χ1) is 12.8. The molecule has 0 radical (unpaired) electrons. The first kappa shape index (κ1) is 19.7. The number of aromatic nitrogens is 2. The summed E-state index contributed by atoms with van der Waals surface area (Å²) in [5, 5.41) is 6.27. The van der Waals surface area contributed by atoms with E-state index in [1.807, 2.05) is 18.2 Å². The zero-order chi connectivity index (χ0) is 19.6. The van der Waals surface area contributed by atoms with Gasteiger partial charge in [-0.25, -0.2) is 18.5 Å². The average Bonchev–Trinajstić information content (AvgIpc) is 2.98. The number of nitrogens with zero attached hydrogens (tertiary/aromatic N) is 2. The first-order valence-corrected chi connectivity index (χ1v) is 11.1. The molecule has 1 unspecified atom stereocenters. The molecule has 3 aromatic rings. The largest absolute Gasteiger partial charge is 0.497 e. The molecule has 0 aliphatic heterocycles. The van der Waals surface area contributed by atoms with Gasteiger partial charge in [0.05, 0.1) is 23.0 Å². The SMILES string of the molecule is CCCn1c(SC(C)c2cccc(OC)c2)nc2cc(S(N)(=O)=O)ccc21. The molecule has 1 heterocycles. The Morgan fingerprint density at radius 3 is 2.70 bits per heavy atom. The second kappa shape index (κ2) is 7.92. The van der Waals surface area contributed by atoms with E-state index in [2.05, 4.69) is 29.5 Å². The van der Waals surface area contributed by atoms with Crippen molar-refractivity contribution in [2.75, 3.05) is 7.11 Å². The Morgan fingerprint density at radius 2 is 2.04 bits per heavy atom. The molecule has 0 bridgehead atoms. The Bertz CT molecular complexity index is 1060. The minimum absolute atomic E-state index is 0.0774. The summed E-state index contributed by atoms with van der Waals surface area (Å²) >= 11 is 1.64. The van der Waals surface area contributed by atoms with Gasteiger partial charge in [0.1, 0.15) is 5.75 Å². The molecule has 3 rings (SSSR count). The van der Waals surface area contributed by atoms with E-state index in [1.165, 1.54) is 12.1 Å². The Hall–Kier alpha value is -2.03. The lowest BCUT2D eigenvalue weighted by molar-refractivity contribution is 0.414. The van der Waals surface area contributed by atoms with Gasteiger partial charge in [-0.3, -0.25) is 0 Å². The number of nitrogens with two attached hydrogens (primary N) is 1. The lowest BCUT2D eigenvalue weighted by Crippen LogP contribution is -2.11. The highest BCUT2D eigenvalue weighted by atomic mass is 32.2. The van der Waals surface area contributed by atoms with Crippen molar-refractivity contribution < 1.29 is 13.2 Å². The van der Waals surface area contributed by atoms with E-state index in [4.69, 9.17) is 9.88 Å². The Morgan fingerprint density at radius 1 is 1.26 bits per heavy atom. The molecule has 1 aromatic heterocycles. The van der Waals surface area contributed by atoms with Crippen molar-refractivity contribution in [3.8, 4) is 5.75 Å². The fraction of sp³-hybridized carbons (Fsp3) is 0.316. The lowest BCUT2D eigenvalue weighted by atomic mass is 10.1. The molecule has 0 amide bonds. The van der Waals surface area contributed by atoms with E-state index >= 15 is 0 Å². The minimum Gasteiger partial charge on any atom is -0.497 e. The number of ether oxygens (including phenoxy) is 1. The van der Waals surface area contributed by atoms with Gasteiger partial charge in [0.2, 0.25) is 10.0 Å². The maximum absolute atomic E-state index is 11.6. The van der Waals surface area contributed by atoms with Crippen LogP contribution < -0.4 is 9.88 Å². The molecule has 27 heavy (non-hydrogen) atoms. The Labute approximate surface area is 163 Å². The predicted molar refractivity (Wildman–Crippen MR) is 109 cm³/mol. The van der Waals surface area contributed by atoms with E-state index in [-0.39, 0.29) is 10.1 Å². The van der Waals surface area contributed by atoms with Crippen LogP contribution in [-0.2, 0) is 16.6 Å². The highest BCUT2D eigenvalue weighted by Gasteiger charge is 2.18. The lowest BCUT2D eigenvalue weighted by Gasteiger charge is -2.14. The number of benzene rings is 2. The number of thioether (sulfide) groups is 1. The summed E-state index contributed by atoms with van der Waals surface area (Å²) in [4.78, 5) is 4.77. The van der Waals surface area contributed by atoms with Gasteiger partial charge in [-0.2, -0.15) is 0 Å². The molecule has 8 heteroatoms. The fourth-order valence-electron chi connectivity index (χ4n) is 2.91.